The lowest BCUT2D eigenvalue weighted by molar-refractivity contribution is -0.122. The number of hydrogen-bond donors (Lipinski definition) is 2. The van der Waals surface area contributed by atoms with Crippen LogP contribution in [0.2, 0.25) is 0 Å². The van der Waals surface area contributed by atoms with Gasteiger partial charge in [0.2, 0.25) is 5.91 Å². The van der Waals surface area contributed by atoms with E-state index < -0.39 is 11.7 Å². The number of ether oxygens (including phenoxy) is 1. The summed E-state index contributed by atoms with van der Waals surface area (Å²) in [5.74, 6) is 0.421. The van der Waals surface area contributed by atoms with Crippen molar-refractivity contribution in [1.29, 1.82) is 0 Å². The molecule has 1 unspecified atom stereocenters. The summed E-state index contributed by atoms with van der Waals surface area (Å²) >= 11 is 0. The summed E-state index contributed by atoms with van der Waals surface area (Å²) in [4.78, 5) is 28.9. The molecule has 2 aliphatic rings. The maximum atomic E-state index is 12.2. The van der Waals surface area contributed by atoms with Gasteiger partial charge in [0.1, 0.15) is 5.60 Å². The van der Waals surface area contributed by atoms with Gasteiger partial charge in [-0.1, -0.05) is 12.2 Å². The fourth-order valence-corrected chi connectivity index (χ4v) is 3.20. The number of aromatic nitrogens is 1. The van der Waals surface area contributed by atoms with E-state index in [1.54, 1.807) is 6.20 Å². The van der Waals surface area contributed by atoms with Gasteiger partial charge in [-0.2, -0.15) is 0 Å². The minimum absolute atomic E-state index is 0.0484. The maximum Gasteiger partial charge on any atom is 0.408 e. The second kappa shape index (κ2) is 7.48. The van der Waals surface area contributed by atoms with Crippen molar-refractivity contribution in [3.8, 4) is 0 Å². The van der Waals surface area contributed by atoms with Crippen LogP contribution in [0.5, 0.6) is 0 Å². The smallest absolute Gasteiger partial charge is 0.408 e. The van der Waals surface area contributed by atoms with Crippen LogP contribution in [0.1, 0.15) is 63.3 Å². The van der Waals surface area contributed by atoms with Crippen LogP contribution in [0.3, 0.4) is 0 Å². The Hall–Kier alpha value is -2.37. The third kappa shape index (κ3) is 4.84. The van der Waals surface area contributed by atoms with Crippen molar-refractivity contribution in [1.82, 2.24) is 15.6 Å². The molecule has 1 aromatic heterocycles. The molecule has 26 heavy (non-hydrogen) atoms. The van der Waals surface area contributed by atoms with Crippen LogP contribution in [0, 0.1) is 5.92 Å². The van der Waals surface area contributed by atoms with Gasteiger partial charge in [0.15, 0.2) is 0 Å². The van der Waals surface area contributed by atoms with E-state index in [-0.39, 0.29) is 23.8 Å². The summed E-state index contributed by atoms with van der Waals surface area (Å²) in [7, 11) is 0. The number of hydrogen-bond acceptors (Lipinski definition) is 4. The highest BCUT2D eigenvalue weighted by atomic mass is 16.6. The molecule has 3 rings (SSSR count). The molecule has 2 N–H and O–H groups in total. The molecule has 0 radical (unpaired) electrons. The van der Waals surface area contributed by atoms with E-state index in [2.05, 4.69) is 15.6 Å². The zero-order valence-corrected chi connectivity index (χ0v) is 15.6. The molecule has 1 fully saturated rings. The number of rotatable bonds is 1. The number of alkyl carbamates (subject to hydrolysis) is 1. The van der Waals surface area contributed by atoms with Crippen LogP contribution in [-0.4, -0.2) is 29.1 Å². The van der Waals surface area contributed by atoms with E-state index in [4.69, 9.17) is 4.74 Å². The summed E-state index contributed by atoms with van der Waals surface area (Å²) in [5.41, 5.74) is 1.35. The number of nitrogens with zero attached hydrogens (tertiary/aromatic N) is 1. The number of fused-ring (bicyclic) bond motifs is 4. The molecule has 0 aromatic carbocycles. The molecular weight excluding hydrogens is 330 g/mol. The van der Waals surface area contributed by atoms with Gasteiger partial charge in [-0.25, -0.2) is 4.79 Å². The van der Waals surface area contributed by atoms with Crippen molar-refractivity contribution >= 4 is 12.0 Å². The van der Waals surface area contributed by atoms with Crippen LogP contribution in [0.4, 0.5) is 4.79 Å². The van der Waals surface area contributed by atoms with Crippen molar-refractivity contribution in [3.63, 3.8) is 0 Å². The van der Waals surface area contributed by atoms with Gasteiger partial charge < -0.3 is 15.4 Å². The lowest BCUT2D eigenvalue weighted by atomic mass is 10.0. The van der Waals surface area contributed by atoms with Crippen molar-refractivity contribution in [2.75, 3.05) is 6.54 Å². The Morgan fingerprint density at radius 3 is 2.88 bits per heavy atom. The first-order valence-corrected chi connectivity index (χ1v) is 9.21. The lowest BCUT2D eigenvalue weighted by Gasteiger charge is -2.23. The van der Waals surface area contributed by atoms with E-state index in [0.717, 1.165) is 24.1 Å². The third-order valence-electron chi connectivity index (χ3n) is 4.56. The molecule has 0 saturated heterocycles. The zero-order valence-electron chi connectivity index (χ0n) is 15.6. The topological polar surface area (TPSA) is 80.3 Å². The number of nitrogens with one attached hydrogen (secondary N) is 2. The van der Waals surface area contributed by atoms with Crippen molar-refractivity contribution in [2.24, 2.45) is 5.92 Å². The summed E-state index contributed by atoms with van der Waals surface area (Å²) in [6, 6.07) is 3.70. The van der Waals surface area contributed by atoms with Crippen LogP contribution >= 0.6 is 0 Å². The van der Waals surface area contributed by atoms with Crippen molar-refractivity contribution in [2.45, 2.75) is 57.6 Å². The molecule has 2 bridgehead atoms. The highest BCUT2D eigenvalue weighted by Crippen LogP contribution is 2.47. The van der Waals surface area contributed by atoms with Gasteiger partial charge in [0.05, 0.1) is 11.7 Å². The normalized spacial score (nSPS) is 26.9. The van der Waals surface area contributed by atoms with E-state index in [1.165, 1.54) is 0 Å². The quantitative estimate of drug-likeness (QED) is 0.756. The second-order valence-corrected chi connectivity index (χ2v) is 7.95. The van der Waals surface area contributed by atoms with Gasteiger partial charge in [0.25, 0.3) is 0 Å². The molecule has 1 aliphatic carbocycles. The molecule has 1 aliphatic heterocycles. The van der Waals surface area contributed by atoms with E-state index in [9.17, 15) is 9.59 Å². The van der Waals surface area contributed by atoms with Gasteiger partial charge in [-0.05, 0) is 63.6 Å². The summed E-state index contributed by atoms with van der Waals surface area (Å²) < 4.78 is 5.39. The van der Waals surface area contributed by atoms with Crippen LogP contribution in [0.15, 0.2) is 30.5 Å². The number of amides is 2. The Balaban J connectivity index is 1.81. The largest absolute Gasteiger partial charge is 0.444 e. The van der Waals surface area contributed by atoms with Gasteiger partial charge >= 0.3 is 6.09 Å². The summed E-state index contributed by atoms with van der Waals surface area (Å²) in [6.45, 7) is 6.16. The van der Waals surface area contributed by atoms with Crippen LogP contribution < -0.4 is 10.6 Å². The maximum absolute atomic E-state index is 12.2. The number of pyridine rings is 1. The Morgan fingerprint density at radius 2 is 2.12 bits per heavy atom. The summed E-state index contributed by atoms with van der Waals surface area (Å²) in [6.07, 6.45) is 7.61. The fourth-order valence-electron chi connectivity index (χ4n) is 3.20. The minimum Gasteiger partial charge on any atom is -0.444 e. The molecular formula is C20H27N3O3. The van der Waals surface area contributed by atoms with E-state index in [1.807, 2.05) is 45.1 Å². The molecule has 6 nitrogen and oxygen atoms in total. The molecule has 2 heterocycles. The van der Waals surface area contributed by atoms with Crippen LogP contribution in [-0.2, 0) is 9.53 Å². The monoisotopic (exact) mass is 357 g/mol. The molecule has 6 heteroatoms. The van der Waals surface area contributed by atoms with Gasteiger partial charge in [-0.3, -0.25) is 9.78 Å². The zero-order chi connectivity index (χ0) is 18.7. The standard InChI is InChI=1S/C20H27N3O3/c1-20(2,3)26-19(25)23-16-7-5-4-6-9-22-18(24)15-12-14(15)13-8-10-21-17(16)11-13/h4-5,8,10-11,14-16H,6-7,9,12H2,1-3H3,(H,22,24)(H,23,25)/b5-4+/t14-,15?,16-/m0/s1. The first-order chi connectivity index (χ1) is 12.3. The predicted molar refractivity (Wildman–Crippen MR) is 98.6 cm³/mol. The molecule has 2 amide bonds. The highest BCUT2D eigenvalue weighted by molar-refractivity contribution is 5.82. The molecule has 1 aromatic rings. The third-order valence-corrected chi connectivity index (χ3v) is 4.56. The Kier molecular flexibility index (Phi) is 5.30. The lowest BCUT2D eigenvalue weighted by Crippen LogP contribution is -2.35. The van der Waals surface area contributed by atoms with Gasteiger partial charge in [0, 0.05) is 18.7 Å². The van der Waals surface area contributed by atoms with Crippen molar-refractivity contribution < 1.29 is 14.3 Å². The SMILES string of the molecule is CC(C)(C)OC(=O)N[C@H]1C/C=C/CCNC(=O)C2C[C@H]2c2ccnc1c2. The van der Waals surface area contributed by atoms with E-state index >= 15 is 0 Å². The second-order valence-electron chi connectivity index (χ2n) is 7.95. The minimum atomic E-state index is -0.550. The molecule has 3 atom stereocenters. The fraction of sp³-hybridized carbons (Fsp3) is 0.550. The first-order valence-electron chi connectivity index (χ1n) is 9.21. The molecule has 1 saturated carbocycles. The van der Waals surface area contributed by atoms with E-state index in [0.29, 0.717) is 13.0 Å². The number of carbonyl (C=O) groups is 2. The Morgan fingerprint density at radius 1 is 1.31 bits per heavy atom. The molecule has 140 valence electrons. The summed E-state index contributed by atoms with van der Waals surface area (Å²) in [5, 5.41) is 5.93. The predicted octanol–water partition coefficient (Wildman–Crippen LogP) is 3.22. The highest BCUT2D eigenvalue weighted by Gasteiger charge is 2.44. The van der Waals surface area contributed by atoms with Gasteiger partial charge in [-0.15, -0.1) is 0 Å². The molecule has 0 spiro atoms. The Bertz CT molecular complexity index is 708. The Labute approximate surface area is 154 Å². The average molecular weight is 357 g/mol. The first kappa shape index (κ1) is 18.4. The van der Waals surface area contributed by atoms with Crippen molar-refractivity contribution in [3.05, 3.63) is 41.7 Å². The average Bonchev–Trinajstić information content (AvgIpc) is 3.35. The van der Waals surface area contributed by atoms with Crippen LogP contribution in [0.25, 0.3) is 0 Å². The number of carbonyl (C=O) groups excluding carboxylic acids is 2.